The molecule has 3 nitrogen and oxygen atoms in total. The first-order chi connectivity index (χ1) is 9.08. The van der Waals surface area contributed by atoms with Crippen LogP contribution in [0.2, 0.25) is 15.1 Å². The van der Waals surface area contributed by atoms with Gasteiger partial charge in [-0.15, -0.1) is 0 Å². The first-order valence-electron chi connectivity index (χ1n) is 5.91. The van der Waals surface area contributed by atoms with Crippen LogP contribution in [0.3, 0.4) is 0 Å². The summed E-state index contributed by atoms with van der Waals surface area (Å²) >= 11 is 18.3. The van der Waals surface area contributed by atoms with Gasteiger partial charge in [0.15, 0.2) is 0 Å². The zero-order chi connectivity index (χ0) is 14.0. The molecule has 1 aromatic heterocycles. The van der Waals surface area contributed by atoms with Crippen LogP contribution in [0.25, 0.3) is 0 Å². The second-order valence-corrected chi connectivity index (χ2v) is 5.31. The van der Waals surface area contributed by atoms with E-state index in [1.54, 1.807) is 12.3 Å². The normalized spacial score (nSPS) is 12.7. The second kappa shape index (κ2) is 6.14. The number of aromatic nitrogens is 2. The highest BCUT2D eigenvalue weighted by Crippen LogP contribution is 2.31. The van der Waals surface area contributed by atoms with Crippen molar-refractivity contribution in [1.82, 2.24) is 15.1 Å². The van der Waals surface area contributed by atoms with E-state index in [0.29, 0.717) is 15.1 Å². The summed E-state index contributed by atoms with van der Waals surface area (Å²) in [6.45, 7) is 2.77. The van der Waals surface area contributed by atoms with Crippen LogP contribution >= 0.6 is 34.8 Å². The highest BCUT2D eigenvalue weighted by molar-refractivity contribution is 6.42. The lowest BCUT2D eigenvalue weighted by Gasteiger charge is -2.19. The molecule has 0 spiro atoms. The van der Waals surface area contributed by atoms with Gasteiger partial charge >= 0.3 is 0 Å². The van der Waals surface area contributed by atoms with Gasteiger partial charge in [0.05, 0.1) is 33.0 Å². The fourth-order valence-corrected chi connectivity index (χ4v) is 2.62. The summed E-state index contributed by atoms with van der Waals surface area (Å²) < 4.78 is 1.87. The Morgan fingerprint density at radius 3 is 2.53 bits per heavy atom. The van der Waals surface area contributed by atoms with E-state index in [1.165, 1.54) is 0 Å². The van der Waals surface area contributed by atoms with Gasteiger partial charge in [0.2, 0.25) is 0 Å². The number of nitrogens with zero attached hydrogens (tertiary/aromatic N) is 2. The Morgan fingerprint density at radius 2 is 1.95 bits per heavy atom. The molecule has 1 aromatic carbocycles. The van der Waals surface area contributed by atoms with Crippen molar-refractivity contribution in [2.45, 2.75) is 19.5 Å². The smallest absolute Gasteiger partial charge is 0.0837 e. The van der Waals surface area contributed by atoms with Crippen LogP contribution in [-0.2, 0) is 6.54 Å². The molecule has 0 aliphatic heterocycles. The van der Waals surface area contributed by atoms with Gasteiger partial charge in [0, 0.05) is 6.54 Å². The van der Waals surface area contributed by atoms with Crippen molar-refractivity contribution in [2.75, 3.05) is 7.05 Å². The van der Waals surface area contributed by atoms with Crippen molar-refractivity contribution < 1.29 is 0 Å². The maximum Gasteiger partial charge on any atom is 0.0837 e. The van der Waals surface area contributed by atoms with E-state index < -0.39 is 0 Å². The molecule has 102 valence electrons. The van der Waals surface area contributed by atoms with Crippen molar-refractivity contribution >= 4 is 34.8 Å². The minimum Gasteiger partial charge on any atom is -0.308 e. The molecule has 1 N–H and O–H groups in total. The molecule has 6 heteroatoms. The maximum atomic E-state index is 6.24. The van der Waals surface area contributed by atoms with Gasteiger partial charge in [-0.05, 0) is 31.7 Å². The molecule has 1 heterocycles. The summed E-state index contributed by atoms with van der Waals surface area (Å²) in [7, 11) is 1.87. The number of benzene rings is 1. The van der Waals surface area contributed by atoms with E-state index >= 15 is 0 Å². The largest absolute Gasteiger partial charge is 0.308 e. The number of aryl methyl sites for hydroxylation is 1. The summed E-state index contributed by atoms with van der Waals surface area (Å²) in [6.07, 6.45) is 1.66. The molecular weight excluding hydrogens is 305 g/mol. The van der Waals surface area contributed by atoms with Crippen molar-refractivity contribution in [3.05, 3.63) is 50.7 Å². The van der Waals surface area contributed by atoms with Gasteiger partial charge in [-0.1, -0.05) is 40.9 Å². The molecule has 1 unspecified atom stereocenters. The molecule has 0 fully saturated rings. The number of halogens is 3. The van der Waals surface area contributed by atoms with Gasteiger partial charge in [-0.3, -0.25) is 4.68 Å². The third-order valence-corrected chi connectivity index (χ3v) is 4.00. The molecule has 0 aliphatic carbocycles. The molecule has 0 amide bonds. The summed E-state index contributed by atoms with van der Waals surface area (Å²) in [4.78, 5) is 0. The highest BCUT2D eigenvalue weighted by Gasteiger charge is 2.20. The third kappa shape index (κ3) is 2.90. The summed E-state index contributed by atoms with van der Waals surface area (Å²) in [5, 5.41) is 9.19. The Morgan fingerprint density at radius 1 is 1.21 bits per heavy atom. The fourth-order valence-electron chi connectivity index (χ4n) is 2.06. The average Bonchev–Trinajstić information content (AvgIpc) is 2.76. The van der Waals surface area contributed by atoms with E-state index in [4.69, 9.17) is 34.8 Å². The van der Waals surface area contributed by atoms with Crippen LogP contribution in [-0.4, -0.2) is 16.8 Å². The Balaban J connectivity index is 2.49. The van der Waals surface area contributed by atoms with Crippen molar-refractivity contribution in [2.24, 2.45) is 0 Å². The Kier molecular flexibility index (Phi) is 4.74. The molecule has 0 radical (unpaired) electrons. The van der Waals surface area contributed by atoms with Crippen LogP contribution < -0.4 is 5.32 Å². The highest BCUT2D eigenvalue weighted by atomic mass is 35.5. The molecule has 2 rings (SSSR count). The standard InChI is InChI=1S/C13H14Cl3N3/c1-3-19-13(11(16)7-18-19)12(17-2)8-4-5-9(14)10(15)6-8/h4-7,12,17H,3H2,1-2H3. The van der Waals surface area contributed by atoms with E-state index in [-0.39, 0.29) is 6.04 Å². The minimum atomic E-state index is -0.0790. The lowest BCUT2D eigenvalue weighted by atomic mass is 10.0. The molecule has 2 aromatic rings. The van der Waals surface area contributed by atoms with Gasteiger partial charge in [0.1, 0.15) is 0 Å². The van der Waals surface area contributed by atoms with Crippen molar-refractivity contribution in [3.8, 4) is 0 Å². The molecule has 19 heavy (non-hydrogen) atoms. The summed E-state index contributed by atoms with van der Waals surface area (Å²) in [6, 6.07) is 5.47. The zero-order valence-electron chi connectivity index (χ0n) is 10.6. The molecule has 1 atom stereocenters. The van der Waals surface area contributed by atoms with Gasteiger partial charge in [-0.2, -0.15) is 5.10 Å². The molecule has 0 saturated carbocycles. The summed E-state index contributed by atoms with van der Waals surface area (Å²) in [5.41, 5.74) is 1.92. The quantitative estimate of drug-likeness (QED) is 0.917. The first-order valence-corrected chi connectivity index (χ1v) is 7.05. The topological polar surface area (TPSA) is 29.9 Å². The SMILES string of the molecule is CCn1ncc(Cl)c1C(NC)c1ccc(Cl)c(Cl)c1. The van der Waals surface area contributed by atoms with Crippen LogP contribution in [0.15, 0.2) is 24.4 Å². The minimum absolute atomic E-state index is 0.0790. The lowest BCUT2D eigenvalue weighted by Crippen LogP contribution is -2.21. The Labute approximate surface area is 127 Å². The third-order valence-electron chi connectivity index (χ3n) is 2.97. The second-order valence-electron chi connectivity index (χ2n) is 4.09. The van der Waals surface area contributed by atoms with Gasteiger partial charge in [0.25, 0.3) is 0 Å². The van der Waals surface area contributed by atoms with Crippen molar-refractivity contribution in [3.63, 3.8) is 0 Å². The van der Waals surface area contributed by atoms with E-state index in [1.807, 2.05) is 30.8 Å². The van der Waals surface area contributed by atoms with Crippen LogP contribution in [0.5, 0.6) is 0 Å². The number of hydrogen-bond donors (Lipinski definition) is 1. The number of rotatable bonds is 4. The van der Waals surface area contributed by atoms with Crippen LogP contribution in [0.1, 0.15) is 24.2 Å². The predicted molar refractivity (Wildman–Crippen MR) is 80.3 cm³/mol. The maximum absolute atomic E-state index is 6.24. The molecule has 0 bridgehead atoms. The number of hydrogen-bond acceptors (Lipinski definition) is 2. The lowest BCUT2D eigenvalue weighted by molar-refractivity contribution is 0.563. The molecule has 0 saturated heterocycles. The van der Waals surface area contributed by atoms with E-state index in [9.17, 15) is 0 Å². The predicted octanol–water partition coefficient (Wildman–Crippen LogP) is 4.17. The van der Waals surface area contributed by atoms with Crippen molar-refractivity contribution in [1.29, 1.82) is 0 Å². The van der Waals surface area contributed by atoms with Gasteiger partial charge in [-0.25, -0.2) is 0 Å². The first kappa shape index (κ1) is 14.7. The van der Waals surface area contributed by atoms with E-state index in [2.05, 4.69) is 10.4 Å². The average molecular weight is 319 g/mol. The summed E-state index contributed by atoms with van der Waals surface area (Å²) in [5.74, 6) is 0. The Bertz CT molecular complexity index is 581. The number of nitrogens with one attached hydrogen (secondary N) is 1. The Hall–Kier alpha value is -0.740. The molecular formula is C13H14Cl3N3. The van der Waals surface area contributed by atoms with Crippen LogP contribution in [0, 0.1) is 0 Å². The van der Waals surface area contributed by atoms with Crippen LogP contribution in [0.4, 0.5) is 0 Å². The van der Waals surface area contributed by atoms with Gasteiger partial charge < -0.3 is 5.32 Å². The monoisotopic (exact) mass is 317 g/mol. The fraction of sp³-hybridized carbons (Fsp3) is 0.308. The zero-order valence-corrected chi connectivity index (χ0v) is 12.9. The van der Waals surface area contributed by atoms with E-state index in [0.717, 1.165) is 17.8 Å². The molecule has 0 aliphatic rings.